The second-order valence-electron chi connectivity index (χ2n) is 4.96. The van der Waals surface area contributed by atoms with Crippen LogP contribution in [0.15, 0.2) is 35.9 Å². The van der Waals surface area contributed by atoms with Gasteiger partial charge < -0.3 is 0 Å². The van der Waals surface area contributed by atoms with E-state index in [1.807, 2.05) is 0 Å². The summed E-state index contributed by atoms with van der Waals surface area (Å²) in [4.78, 5) is 0. The average Bonchev–Trinajstić information content (AvgIpc) is 2.32. The monoisotopic (exact) mass is 230 g/mol. The molecule has 0 atom stereocenters. The number of hydrogen-bond acceptors (Lipinski definition) is 0. The normalized spacial score (nSPS) is 21.1. The van der Waals surface area contributed by atoms with Crippen LogP contribution in [0.2, 0.25) is 6.04 Å². The van der Waals surface area contributed by atoms with E-state index in [-0.39, 0.29) is 0 Å². The molecule has 1 aliphatic carbocycles. The maximum absolute atomic E-state index is 2.48. The quantitative estimate of drug-likeness (QED) is 0.540. The third-order valence-corrected chi connectivity index (χ3v) is 4.08. The number of allylic oxidation sites excluding steroid dienone is 2. The van der Waals surface area contributed by atoms with Gasteiger partial charge in [0.2, 0.25) is 0 Å². The van der Waals surface area contributed by atoms with Gasteiger partial charge in [0.1, 0.15) is 0 Å². The van der Waals surface area contributed by atoms with Gasteiger partial charge in [-0.3, -0.25) is 0 Å². The zero-order chi connectivity index (χ0) is 11.4. The highest BCUT2D eigenvalue weighted by Crippen LogP contribution is 2.35. The van der Waals surface area contributed by atoms with Gasteiger partial charge in [-0.1, -0.05) is 41.5 Å². The molecule has 0 unspecified atom stereocenters. The van der Waals surface area contributed by atoms with Gasteiger partial charge in [-0.25, -0.2) is 0 Å². The summed E-state index contributed by atoms with van der Waals surface area (Å²) in [5.41, 5.74) is 4.64. The Balaban J connectivity index is 1.99. The molecule has 0 bridgehead atoms. The van der Waals surface area contributed by atoms with Crippen molar-refractivity contribution in [3.63, 3.8) is 0 Å². The molecule has 0 amide bonds. The highest BCUT2D eigenvalue weighted by atomic mass is 28.1. The standard InChI is InChI=1S/C15H22Si/c1-12-2-6-14(7-3-12)15-8-4-13(5-9-15)10-11-16/h2-3,6-7,10,15H,4-5,8-9,11H2,1,16H3. The van der Waals surface area contributed by atoms with Gasteiger partial charge in [-0.15, -0.1) is 0 Å². The third-order valence-electron chi connectivity index (χ3n) is 3.67. The second kappa shape index (κ2) is 5.49. The van der Waals surface area contributed by atoms with Crippen molar-refractivity contribution in [3.8, 4) is 0 Å². The number of hydrogen-bond donors (Lipinski definition) is 0. The number of benzene rings is 1. The molecular weight excluding hydrogens is 208 g/mol. The maximum atomic E-state index is 2.48. The molecule has 1 saturated carbocycles. The van der Waals surface area contributed by atoms with Crippen LogP contribution in [-0.2, 0) is 0 Å². The van der Waals surface area contributed by atoms with Gasteiger partial charge in [0.05, 0.1) is 0 Å². The molecule has 0 aromatic heterocycles. The van der Waals surface area contributed by atoms with Crippen molar-refractivity contribution in [2.45, 2.75) is 44.6 Å². The van der Waals surface area contributed by atoms with Crippen molar-refractivity contribution in [2.75, 3.05) is 0 Å². The molecule has 2 rings (SSSR count). The summed E-state index contributed by atoms with van der Waals surface area (Å²) < 4.78 is 0. The Hall–Kier alpha value is -0.823. The molecule has 0 saturated heterocycles. The molecule has 0 N–H and O–H groups in total. The maximum Gasteiger partial charge on any atom is 0.00756 e. The van der Waals surface area contributed by atoms with Gasteiger partial charge in [-0.05, 0) is 50.1 Å². The van der Waals surface area contributed by atoms with E-state index in [1.54, 1.807) is 11.1 Å². The first kappa shape index (κ1) is 11.7. The lowest BCUT2D eigenvalue weighted by atomic mass is 9.81. The van der Waals surface area contributed by atoms with Gasteiger partial charge in [0.25, 0.3) is 0 Å². The minimum absolute atomic E-state index is 0.812. The van der Waals surface area contributed by atoms with Crippen LogP contribution in [0, 0.1) is 6.92 Å². The summed E-state index contributed by atoms with van der Waals surface area (Å²) in [7, 11) is 1.32. The van der Waals surface area contributed by atoms with Crippen LogP contribution in [0.1, 0.15) is 42.7 Å². The molecule has 1 heteroatoms. The molecule has 0 spiro atoms. The van der Waals surface area contributed by atoms with Crippen molar-refractivity contribution in [3.05, 3.63) is 47.0 Å². The van der Waals surface area contributed by atoms with Crippen LogP contribution >= 0.6 is 0 Å². The first-order valence-corrected chi connectivity index (χ1v) is 7.95. The van der Waals surface area contributed by atoms with Crippen LogP contribution < -0.4 is 0 Å². The molecule has 1 aromatic carbocycles. The molecule has 0 radical (unpaired) electrons. The highest BCUT2D eigenvalue weighted by molar-refractivity contribution is 6.09. The van der Waals surface area contributed by atoms with Gasteiger partial charge >= 0.3 is 0 Å². The predicted octanol–water partition coefficient (Wildman–Crippen LogP) is 3.36. The van der Waals surface area contributed by atoms with Crippen molar-refractivity contribution in [1.82, 2.24) is 0 Å². The van der Waals surface area contributed by atoms with Crippen LogP contribution in [0.3, 0.4) is 0 Å². The Morgan fingerprint density at radius 3 is 2.38 bits per heavy atom. The van der Waals surface area contributed by atoms with E-state index in [0.717, 1.165) is 5.92 Å². The zero-order valence-electron chi connectivity index (χ0n) is 10.5. The van der Waals surface area contributed by atoms with E-state index < -0.39 is 0 Å². The van der Waals surface area contributed by atoms with Crippen LogP contribution in [0.4, 0.5) is 0 Å². The first-order valence-electron chi connectivity index (χ1n) is 6.54. The summed E-state index contributed by atoms with van der Waals surface area (Å²) in [5.74, 6) is 0.812. The lowest BCUT2D eigenvalue weighted by molar-refractivity contribution is 0.516. The molecule has 0 nitrogen and oxygen atoms in total. The average molecular weight is 230 g/mol. The first-order chi connectivity index (χ1) is 7.79. The van der Waals surface area contributed by atoms with E-state index in [1.165, 1.54) is 47.5 Å². The molecule has 0 aliphatic heterocycles. The van der Waals surface area contributed by atoms with Crippen LogP contribution in [0.25, 0.3) is 0 Å². The van der Waals surface area contributed by atoms with Crippen LogP contribution in [-0.4, -0.2) is 10.2 Å². The van der Waals surface area contributed by atoms with Crippen molar-refractivity contribution in [2.24, 2.45) is 0 Å². The molecule has 1 aromatic rings. The molecule has 1 fully saturated rings. The number of rotatable bonds is 2. The fraction of sp³-hybridized carbons (Fsp3) is 0.467. The lowest BCUT2D eigenvalue weighted by Crippen LogP contribution is -2.06. The summed E-state index contributed by atoms with van der Waals surface area (Å²) >= 11 is 0. The number of aryl methyl sites for hydroxylation is 1. The van der Waals surface area contributed by atoms with Crippen LogP contribution in [0.5, 0.6) is 0 Å². The van der Waals surface area contributed by atoms with E-state index in [4.69, 9.17) is 0 Å². The molecular formula is C15H22Si. The molecule has 86 valence electrons. The molecule has 0 heterocycles. The smallest absolute Gasteiger partial charge is 0.00756 e. The van der Waals surface area contributed by atoms with Crippen molar-refractivity contribution >= 4 is 10.2 Å². The Morgan fingerprint density at radius 1 is 1.19 bits per heavy atom. The summed E-state index contributed by atoms with van der Waals surface area (Å²) in [6.07, 6.45) is 7.87. The highest BCUT2D eigenvalue weighted by Gasteiger charge is 2.17. The van der Waals surface area contributed by atoms with E-state index >= 15 is 0 Å². The minimum Gasteiger partial charge on any atom is -0.0889 e. The van der Waals surface area contributed by atoms with E-state index in [2.05, 4.69) is 37.3 Å². The Bertz CT molecular complexity index is 352. The summed E-state index contributed by atoms with van der Waals surface area (Å²) in [5, 5.41) is 0. The molecule has 16 heavy (non-hydrogen) atoms. The SMILES string of the molecule is Cc1ccc(C2CCC(=CC[SiH3])CC2)cc1. The molecule has 1 aliphatic rings. The van der Waals surface area contributed by atoms with Gasteiger partial charge in [-0.2, -0.15) is 0 Å². The lowest BCUT2D eigenvalue weighted by Gasteiger charge is -2.24. The topological polar surface area (TPSA) is 0 Å². The van der Waals surface area contributed by atoms with E-state index in [9.17, 15) is 0 Å². The summed E-state index contributed by atoms with van der Waals surface area (Å²) in [6.45, 7) is 2.16. The fourth-order valence-corrected chi connectivity index (χ4v) is 3.23. The van der Waals surface area contributed by atoms with Crippen molar-refractivity contribution in [1.29, 1.82) is 0 Å². The van der Waals surface area contributed by atoms with E-state index in [0.29, 0.717) is 0 Å². The minimum atomic E-state index is 0.812. The second-order valence-corrected chi connectivity index (χ2v) is 5.77. The van der Waals surface area contributed by atoms with Gasteiger partial charge in [0.15, 0.2) is 0 Å². The van der Waals surface area contributed by atoms with Gasteiger partial charge in [0, 0.05) is 10.2 Å². The Labute approximate surface area is 102 Å². The zero-order valence-corrected chi connectivity index (χ0v) is 12.5. The Morgan fingerprint density at radius 2 is 1.81 bits per heavy atom. The third kappa shape index (κ3) is 2.85. The summed E-state index contributed by atoms with van der Waals surface area (Å²) in [6, 6.07) is 10.5. The predicted molar refractivity (Wildman–Crippen MR) is 75.2 cm³/mol. The fourth-order valence-electron chi connectivity index (χ4n) is 2.65. The van der Waals surface area contributed by atoms with Crippen molar-refractivity contribution < 1.29 is 0 Å². The Kier molecular flexibility index (Phi) is 4.00. The largest absolute Gasteiger partial charge is 0.0889 e.